The molecule has 144 valence electrons. The highest BCUT2D eigenvalue weighted by Crippen LogP contribution is 2.33. The summed E-state index contributed by atoms with van der Waals surface area (Å²) in [6.45, 7) is 4.50. The molecule has 0 spiro atoms. The average Bonchev–Trinajstić information content (AvgIpc) is 2.74. The molecule has 1 aliphatic rings. The van der Waals surface area contributed by atoms with Gasteiger partial charge in [-0.2, -0.15) is 0 Å². The second kappa shape index (κ2) is 10.5. The van der Waals surface area contributed by atoms with Crippen molar-refractivity contribution in [3.8, 4) is 11.1 Å². The molecule has 0 saturated carbocycles. The number of aryl methyl sites for hydroxylation is 1. The van der Waals surface area contributed by atoms with Gasteiger partial charge in [0.25, 0.3) is 0 Å². The molecule has 0 aliphatic heterocycles. The van der Waals surface area contributed by atoms with Crippen molar-refractivity contribution in [2.75, 3.05) is 0 Å². The SMILES string of the molecule is CCCCCCCC1CC=C(c2ccc(-c3ccc(CC)cc3)cc2)CC1. The number of hydrogen-bond donors (Lipinski definition) is 0. The molecule has 2 aromatic rings. The van der Waals surface area contributed by atoms with Gasteiger partial charge in [0.1, 0.15) is 0 Å². The second-order valence-corrected chi connectivity index (χ2v) is 8.20. The van der Waals surface area contributed by atoms with Crippen LogP contribution >= 0.6 is 0 Å². The lowest BCUT2D eigenvalue weighted by Gasteiger charge is -2.22. The van der Waals surface area contributed by atoms with E-state index in [2.05, 4.69) is 68.5 Å². The lowest BCUT2D eigenvalue weighted by molar-refractivity contribution is 0.423. The van der Waals surface area contributed by atoms with Crippen molar-refractivity contribution >= 4 is 5.57 Å². The number of rotatable bonds is 9. The third-order valence-corrected chi connectivity index (χ3v) is 6.19. The molecule has 0 amide bonds. The Morgan fingerprint density at radius 1 is 0.741 bits per heavy atom. The number of allylic oxidation sites excluding steroid dienone is 2. The van der Waals surface area contributed by atoms with Crippen LogP contribution in [0.3, 0.4) is 0 Å². The Morgan fingerprint density at radius 2 is 1.37 bits per heavy atom. The molecule has 1 unspecified atom stereocenters. The van der Waals surface area contributed by atoms with Gasteiger partial charge in [-0.05, 0) is 59.4 Å². The van der Waals surface area contributed by atoms with E-state index in [4.69, 9.17) is 0 Å². The number of unbranched alkanes of at least 4 members (excludes halogenated alkanes) is 4. The summed E-state index contributed by atoms with van der Waals surface area (Å²) >= 11 is 0. The Morgan fingerprint density at radius 3 is 1.96 bits per heavy atom. The van der Waals surface area contributed by atoms with Crippen molar-refractivity contribution < 1.29 is 0 Å². The summed E-state index contributed by atoms with van der Waals surface area (Å²) in [5.41, 5.74) is 7.03. The van der Waals surface area contributed by atoms with Crippen molar-refractivity contribution in [2.24, 2.45) is 5.92 Å². The normalized spacial score (nSPS) is 17.0. The van der Waals surface area contributed by atoms with Crippen LogP contribution in [-0.4, -0.2) is 0 Å². The molecule has 2 aromatic carbocycles. The predicted molar refractivity (Wildman–Crippen MR) is 120 cm³/mol. The van der Waals surface area contributed by atoms with E-state index >= 15 is 0 Å². The smallest absolute Gasteiger partial charge is 0.0184 e. The predicted octanol–water partition coefficient (Wildman–Crippen LogP) is 8.46. The van der Waals surface area contributed by atoms with E-state index < -0.39 is 0 Å². The Bertz CT molecular complexity index is 703. The van der Waals surface area contributed by atoms with E-state index in [0.717, 1.165) is 12.3 Å². The third-order valence-electron chi connectivity index (χ3n) is 6.19. The minimum atomic E-state index is 0.923. The summed E-state index contributed by atoms with van der Waals surface area (Å²) in [6.07, 6.45) is 16.0. The van der Waals surface area contributed by atoms with Crippen LogP contribution < -0.4 is 0 Å². The summed E-state index contributed by atoms with van der Waals surface area (Å²) in [4.78, 5) is 0. The van der Waals surface area contributed by atoms with Crippen LogP contribution in [0.15, 0.2) is 54.6 Å². The Labute approximate surface area is 166 Å². The zero-order valence-electron chi connectivity index (χ0n) is 17.3. The molecule has 0 fully saturated rings. The molecule has 0 N–H and O–H groups in total. The maximum absolute atomic E-state index is 2.52. The van der Waals surface area contributed by atoms with Crippen molar-refractivity contribution in [1.29, 1.82) is 0 Å². The van der Waals surface area contributed by atoms with Crippen LogP contribution in [0.2, 0.25) is 0 Å². The topological polar surface area (TPSA) is 0 Å². The van der Waals surface area contributed by atoms with Crippen molar-refractivity contribution in [3.63, 3.8) is 0 Å². The molecule has 0 heterocycles. The van der Waals surface area contributed by atoms with E-state index in [0.29, 0.717) is 0 Å². The first-order valence-corrected chi connectivity index (χ1v) is 11.2. The summed E-state index contributed by atoms with van der Waals surface area (Å²) < 4.78 is 0. The lowest BCUT2D eigenvalue weighted by Crippen LogP contribution is -2.05. The van der Waals surface area contributed by atoms with E-state index in [1.165, 1.54) is 80.0 Å². The van der Waals surface area contributed by atoms with Gasteiger partial charge in [-0.25, -0.2) is 0 Å². The molecule has 0 heteroatoms. The van der Waals surface area contributed by atoms with Crippen LogP contribution in [0, 0.1) is 5.92 Å². The Balaban J connectivity index is 1.53. The van der Waals surface area contributed by atoms with Crippen LogP contribution in [0.25, 0.3) is 16.7 Å². The van der Waals surface area contributed by atoms with Gasteiger partial charge in [0.05, 0.1) is 0 Å². The van der Waals surface area contributed by atoms with Gasteiger partial charge in [-0.3, -0.25) is 0 Å². The van der Waals surface area contributed by atoms with Gasteiger partial charge in [0.15, 0.2) is 0 Å². The minimum absolute atomic E-state index is 0.923. The van der Waals surface area contributed by atoms with Gasteiger partial charge in [-0.15, -0.1) is 0 Å². The van der Waals surface area contributed by atoms with Crippen LogP contribution in [0.1, 0.15) is 82.8 Å². The molecule has 0 aromatic heterocycles. The molecule has 1 aliphatic carbocycles. The highest BCUT2D eigenvalue weighted by molar-refractivity contribution is 5.71. The van der Waals surface area contributed by atoms with Crippen molar-refractivity contribution in [3.05, 3.63) is 65.7 Å². The largest absolute Gasteiger partial charge is 0.0804 e. The molecule has 0 bridgehead atoms. The fourth-order valence-corrected chi connectivity index (χ4v) is 4.26. The first-order valence-electron chi connectivity index (χ1n) is 11.2. The van der Waals surface area contributed by atoms with Crippen molar-refractivity contribution in [1.82, 2.24) is 0 Å². The molecule has 3 rings (SSSR count). The molecular formula is C27H36. The lowest BCUT2D eigenvalue weighted by atomic mass is 9.83. The quantitative estimate of drug-likeness (QED) is 0.393. The zero-order chi connectivity index (χ0) is 18.9. The van der Waals surface area contributed by atoms with Gasteiger partial charge >= 0.3 is 0 Å². The van der Waals surface area contributed by atoms with Crippen molar-refractivity contribution in [2.45, 2.75) is 78.1 Å². The molecular weight excluding hydrogens is 324 g/mol. The summed E-state index contributed by atoms with van der Waals surface area (Å²) in [5, 5.41) is 0. The maximum atomic E-state index is 2.52. The van der Waals surface area contributed by atoms with E-state index in [1.807, 2.05) is 0 Å². The Hall–Kier alpha value is -1.82. The minimum Gasteiger partial charge on any atom is -0.0804 e. The first kappa shape index (κ1) is 19.9. The summed E-state index contributed by atoms with van der Waals surface area (Å²) in [6, 6.07) is 18.2. The fraction of sp³-hybridized carbons (Fsp3) is 0.481. The van der Waals surface area contributed by atoms with Crippen LogP contribution in [0.4, 0.5) is 0 Å². The highest BCUT2D eigenvalue weighted by atomic mass is 14.2. The zero-order valence-corrected chi connectivity index (χ0v) is 17.3. The van der Waals surface area contributed by atoms with Crippen LogP contribution in [-0.2, 0) is 6.42 Å². The average molecular weight is 361 g/mol. The fourth-order valence-electron chi connectivity index (χ4n) is 4.26. The van der Waals surface area contributed by atoms with Gasteiger partial charge < -0.3 is 0 Å². The molecule has 0 saturated heterocycles. The van der Waals surface area contributed by atoms with Crippen LogP contribution in [0.5, 0.6) is 0 Å². The molecule has 0 nitrogen and oxygen atoms in total. The highest BCUT2D eigenvalue weighted by Gasteiger charge is 2.15. The third kappa shape index (κ3) is 5.83. The van der Waals surface area contributed by atoms with E-state index in [-0.39, 0.29) is 0 Å². The van der Waals surface area contributed by atoms with Gasteiger partial charge in [-0.1, -0.05) is 107 Å². The van der Waals surface area contributed by atoms with E-state index in [1.54, 1.807) is 5.57 Å². The first-order chi connectivity index (χ1) is 13.3. The monoisotopic (exact) mass is 360 g/mol. The maximum Gasteiger partial charge on any atom is -0.0184 e. The van der Waals surface area contributed by atoms with Gasteiger partial charge in [0, 0.05) is 0 Å². The van der Waals surface area contributed by atoms with E-state index in [9.17, 15) is 0 Å². The summed E-state index contributed by atoms with van der Waals surface area (Å²) in [5.74, 6) is 0.923. The molecule has 1 atom stereocenters. The molecule has 0 radical (unpaired) electrons. The number of benzene rings is 2. The Kier molecular flexibility index (Phi) is 7.75. The standard InChI is InChI=1S/C27H36/c1-3-5-6-7-8-9-23-12-16-25(17-13-23)27-20-18-26(19-21-27)24-14-10-22(4-2)11-15-24/h10-11,14-16,18-21,23H,3-9,12-13,17H2,1-2H3. The summed E-state index contributed by atoms with van der Waals surface area (Å²) in [7, 11) is 0. The van der Waals surface area contributed by atoms with Gasteiger partial charge in [0.2, 0.25) is 0 Å². The second-order valence-electron chi connectivity index (χ2n) is 8.20. The molecule has 27 heavy (non-hydrogen) atoms. The number of hydrogen-bond acceptors (Lipinski definition) is 0.